The highest BCUT2D eigenvalue weighted by Gasteiger charge is 2.53. The number of carboxylic acid groups (broad SMARTS) is 2. The average molecular weight is 945 g/mol. The number of likely N-dealkylation sites (tertiary alicyclic amines) is 1. The largest absolute Gasteiger partial charge is 0.497 e. The van der Waals surface area contributed by atoms with Crippen LogP contribution in [0.3, 0.4) is 0 Å². The smallest absolute Gasteiger partial charge is 0.328 e. The molecule has 2 heterocycles. The van der Waals surface area contributed by atoms with Crippen molar-refractivity contribution in [2.24, 2.45) is 5.92 Å². The maximum atomic E-state index is 9.73. The van der Waals surface area contributed by atoms with Gasteiger partial charge in [0.15, 0.2) is 0 Å². The number of aliphatic carboxylic acids is 2. The number of halogens is 3. The number of fused-ring (bicyclic) bond motifs is 1. The molecule has 4 N–H and O–H groups in total. The van der Waals surface area contributed by atoms with Gasteiger partial charge in [-0.05, 0) is 145 Å². The quantitative estimate of drug-likeness (QED) is 0.108. The van der Waals surface area contributed by atoms with E-state index >= 15 is 0 Å². The molecule has 13 heteroatoms. The van der Waals surface area contributed by atoms with Crippen molar-refractivity contribution in [2.75, 3.05) is 48.4 Å². The van der Waals surface area contributed by atoms with Crippen LogP contribution in [0.4, 0.5) is 0 Å². The zero-order chi connectivity index (χ0) is 43.0. The van der Waals surface area contributed by atoms with Gasteiger partial charge < -0.3 is 35.2 Å². The van der Waals surface area contributed by atoms with Crippen LogP contribution in [0.1, 0.15) is 85.4 Å². The molecule has 7 rings (SSSR count). The zero-order valence-electron chi connectivity index (χ0n) is 36.2. The number of benzene rings is 3. The van der Waals surface area contributed by atoms with E-state index in [0.717, 1.165) is 46.4 Å². The summed E-state index contributed by atoms with van der Waals surface area (Å²) in [6, 6.07) is 32.0. The Bertz CT molecular complexity index is 1910. The SMILES string of the molecule is CN(C)CCC(c1ccc(Br)cc1)c1ccccn1.CNC(C)C(O)c1ccccc1.COc1ccc2c(c1)[C@@]13CCCC[C@H]1[C@@H](C2)N(C)CC3.Cl.Cl.O=C(O)/C=C\C(=O)O. The number of nitrogens with zero attached hydrogens (tertiary/aromatic N) is 3. The van der Waals surface area contributed by atoms with Crippen LogP contribution in [-0.2, 0) is 21.4 Å². The number of pyridine rings is 1. The van der Waals surface area contributed by atoms with Crippen molar-refractivity contribution in [1.29, 1.82) is 0 Å². The lowest BCUT2D eigenvalue weighted by Gasteiger charge is -2.58. The van der Waals surface area contributed by atoms with Crippen LogP contribution < -0.4 is 10.1 Å². The van der Waals surface area contributed by atoms with E-state index in [1.54, 1.807) is 18.2 Å². The standard InChI is InChI=1S/C18H25NO.C16H19BrN2.C10H15NO.C4H4O4.2ClH/c1-19-10-9-18-8-4-3-5-15(18)17(19)11-13-6-7-14(20-2)12-16(13)18;1-19(2)12-10-15(16-5-3-4-11-18-16)13-6-8-14(17)9-7-13;1-8(11-2)10(12)9-6-4-3-5-7-9;5-3(6)1-2-4(7)8;;/h6-7,12,15,17H,3-5,8-11H2,1-2H3;3-9,11,15H,10,12H2,1-2H3;3-8,10-12H,1-2H3;1-2H,(H,5,6)(H,7,8);2*1H/b;;;2-1-;;/t15-,17+,18+;;;;;/m0...../s1. The minimum Gasteiger partial charge on any atom is -0.497 e. The number of carboxylic acids is 2. The molecule has 0 radical (unpaired) electrons. The summed E-state index contributed by atoms with van der Waals surface area (Å²) in [6.45, 7) is 4.27. The summed E-state index contributed by atoms with van der Waals surface area (Å²) in [4.78, 5) is 28.5. The maximum Gasteiger partial charge on any atom is 0.328 e. The molecule has 1 saturated heterocycles. The predicted molar refractivity (Wildman–Crippen MR) is 254 cm³/mol. The van der Waals surface area contributed by atoms with E-state index in [0.29, 0.717) is 23.5 Å². The summed E-state index contributed by atoms with van der Waals surface area (Å²) in [6.07, 6.45) is 11.9. The topological polar surface area (TPSA) is 135 Å². The number of methoxy groups -OCH3 is 1. The van der Waals surface area contributed by atoms with E-state index in [2.05, 4.69) is 112 Å². The minimum atomic E-state index is -1.26. The molecular weight excluding hydrogens is 879 g/mol. The monoisotopic (exact) mass is 942 g/mol. The molecule has 1 saturated carbocycles. The van der Waals surface area contributed by atoms with E-state index in [-0.39, 0.29) is 30.9 Å². The molecule has 1 aliphatic heterocycles. The number of ether oxygens (including phenoxy) is 1. The molecule has 1 aromatic heterocycles. The first-order valence-electron chi connectivity index (χ1n) is 20.5. The Morgan fingerprint density at radius 1 is 0.951 bits per heavy atom. The molecule has 6 atom stereocenters. The second-order valence-electron chi connectivity index (χ2n) is 15.9. The van der Waals surface area contributed by atoms with Crippen LogP contribution in [0, 0.1) is 5.92 Å². The molecule has 3 aliphatic rings. The Kier molecular flexibility index (Phi) is 23.3. The Hall–Kier alpha value is -3.81. The Morgan fingerprint density at radius 3 is 2.18 bits per heavy atom. The van der Waals surface area contributed by atoms with E-state index in [1.807, 2.05) is 56.6 Å². The van der Waals surface area contributed by atoms with E-state index in [4.69, 9.17) is 14.9 Å². The average Bonchev–Trinajstić information content (AvgIpc) is 3.25. The van der Waals surface area contributed by atoms with Gasteiger partial charge in [0.1, 0.15) is 5.75 Å². The number of rotatable bonds is 11. The molecule has 0 spiro atoms. The van der Waals surface area contributed by atoms with Gasteiger partial charge in [0.25, 0.3) is 0 Å². The van der Waals surface area contributed by atoms with E-state index < -0.39 is 18.0 Å². The second kappa shape index (κ2) is 26.6. The van der Waals surface area contributed by atoms with Gasteiger partial charge in [-0.25, -0.2) is 9.59 Å². The fraction of sp³-hybridized carbons (Fsp3) is 0.438. The van der Waals surface area contributed by atoms with Crippen LogP contribution >= 0.6 is 40.7 Å². The number of hydrogen-bond donors (Lipinski definition) is 4. The lowest BCUT2D eigenvalue weighted by Crippen LogP contribution is -2.59. The van der Waals surface area contributed by atoms with E-state index in [9.17, 15) is 14.7 Å². The normalized spacial score (nSPS) is 20.1. The summed E-state index contributed by atoms with van der Waals surface area (Å²) in [5, 5.41) is 28.4. The van der Waals surface area contributed by atoms with Crippen molar-refractivity contribution in [3.05, 3.63) is 142 Å². The summed E-state index contributed by atoms with van der Waals surface area (Å²) in [7, 11) is 10.2. The highest BCUT2D eigenvalue weighted by Crippen LogP contribution is 2.56. The number of likely N-dealkylation sites (N-methyl/N-ethyl adjacent to an activating group) is 2. The molecule has 2 bridgehead atoms. The van der Waals surface area contributed by atoms with Crippen molar-refractivity contribution in [1.82, 2.24) is 20.1 Å². The molecule has 2 fully saturated rings. The zero-order valence-corrected chi connectivity index (χ0v) is 39.5. The Labute approximate surface area is 383 Å². The van der Waals surface area contributed by atoms with Crippen LogP contribution in [0.15, 0.2) is 114 Å². The number of carbonyl (C=O) groups is 2. The van der Waals surface area contributed by atoms with Gasteiger partial charge >= 0.3 is 11.9 Å². The lowest BCUT2D eigenvalue weighted by atomic mass is 9.52. The van der Waals surface area contributed by atoms with Gasteiger partial charge in [-0.1, -0.05) is 83.4 Å². The van der Waals surface area contributed by atoms with Crippen molar-refractivity contribution in [3.63, 3.8) is 0 Å². The molecule has 0 amide bonds. The van der Waals surface area contributed by atoms with Gasteiger partial charge in [-0.2, -0.15) is 0 Å². The number of aromatic nitrogens is 1. The minimum absolute atomic E-state index is 0. The van der Waals surface area contributed by atoms with Crippen LogP contribution in [-0.4, -0.2) is 103 Å². The van der Waals surface area contributed by atoms with Crippen molar-refractivity contribution >= 4 is 52.7 Å². The van der Waals surface area contributed by atoms with Gasteiger partial charge in [0.05, 0.1) is 13.2 Å². The third-order valence-corrected chi connectivity index (χ3v) is 12.5. The third-order valence-electron chi connectivity index (χ3n) is 11.9. The van der Waals surface area contributed by atoms with Gasteiger partial charge in [0, 0.05) is 51.9 Å². The molecule has 61 heavy (non-hydrogen) atoms. The van der Waals surface area contributed by atoms with Crippen LogP contribution in [0.25, 0.3) is 0 Å². The van der Waals surface area contributed by atoms with Gasteiger partial charge in [0.2, 0.25) is 0 Å². The maximum absolute atomic E-state index is 9.73. The molecular formula is C48H65BrCl2N4O6. The van der Waals surface area contributed by atoms with Crippen LogP contribution in [0.5, 0.6) is 5.75 Å². The Balaban J connectivity index is 0.000000292. The Morgan fingerprint density at radius 2 is 1.61 bits per heavy atom. The number of hydrogen-bond acceptors (Lipinski definition) is 8. The predicted octanol–water partition coefficient (Wildman–Crippen LogP) is 9.19. The fourth-order valence-electron chi connectivity index (χ4n) is 8.69. The molecule has 3 aromatic carbocycles. The van der Waals surface area contributed by atoms with Crippen molar-refractivity contribution < 1.29 is 29.6 Å². The first-order valence-corrected chi connectivity index (χ1v) is 21.3. The highest BCUT2D eigenvalue weighted by molar-refractivity contribution is 9.10. The summed E-state index contributed by atoms with van der Waals surface area (Å²) < 4.78 is 6.62. The number of piperidine rings is 1. The van der Waals surface area contributed by atoms with Crippen molar-refractivity contribution in [3.8, 4) is 5.75 Å². The van der Waals surface area contributed by atoms with Crippen molar-refractivity contribution in [2.45, 2.75) is 81.4 Å². The molecule has 334 valence electrons. The lowest BCUT2D eigenvalue weighted by molar-refractivity contribution is -0.134. The summed E-state index contributed by atoms with van der Waals surface area (Å²) in [5.74, 6) is -0.245. The van der Waals surface area contributed by atoms with Crippen LogP contribution in [0.2, 0.25) is 0 Å². The highest BCUT2D eigenvalue weighted by atomic mass is 79.9. The summed E-state index contributed by atoms with van der Waals surface area (Å²) >= 11 is 3.49. The first-order chi connectivity index (χ1) is 28.3. The third kappa shape index (κ3) is 15.5. The van der Waals surface area contributed by atoms with Gasteiger partial charge in [-0.3, -0.25) is 4.98 Å². The molecule has 4 aromatic rings. The summed E-state index contributed by atoms with van der Waals surface area (Å²) in [5.41, 5.74) is 7.10. The second-order valence-corrected chi connectivity index (χ2v) is 16.8. The van der Waals surface area contributed by atoms with Gasteiger partial charge in [-0.15, -0.1) is 24.8 Å². The first kappa shape index (κ1) is 53.3. The molecule has 10 nitrogen and oxygen atoms in total. The number of aliphatic hydroxyl groups excluding tert-OH is 1. The number of nitrogens with one attached hydrogen (secondary N) is 1. The molecule has 3 unspecified atom stereocenters. The van der Waals surface area contributed by atoms with E-state index in [1.165, 1.54) is 50.6 Å². The molecule has 2 aliphatic carbocycles. The number of aliphatic hydroxyl groups is 1. The fourth-order valence-corrected chi connectivity index (χ4v) is 8.96.